The number of benzene rings is 1. The van der Waals surface area contributed by atoms with Gasteiger partial charge in [-0.3, -0.25) is 9.59 Å². The van der Waals surface area contributed by atoms with Gasteiger partial charge in [0.2, 0.25) is 5.91 Å². The summed E-state index contributed by atoms with van der Waals surface area (Å²) in [6, 6.07) is 10.2. The van der Waals surface area contributed by atoms with Crippen molar-refractivity contribution in [1.82, 2.24) is 5.32 Å². The van der Waals surface area contributed by atoms with E-state index in [1.54, 1.807) is 36.4 Å². The van der Waals surface area contributed by atoms with Gasteiger partial charge in [-0.15, -0.1) is 11.8 Å². The van der Waals surface area contributed by atoms with Crippen molar-refractivity contribution in [3.63, 3.8) is 0 Å². The normalized spacial score (nSPS) is 11.6. The Kier molecular flexibility index (Phi) is 6.64. The van der Waals surface area contributed by atoms with Crippen LogP contribution < -0.4 is 11.1 Å². The first-order valence-electron chi connectivity index (χ1n) is 7.48. The number of amides is 2. The van der Waals surface area contributed by atoms with E-state index in [1.807, 2.05) is 0 Å². The van der Waals surface area contributed by atoms with Gasteiger partial charge in [0.05, 0.1) is 24.1 Å². The molecule has 0 radical (unpaired) electrons. The average molecular weight is 362 g/mol. The molecule has 0 spiro atoms. The Labute approximate surface area is 148 Å². The largest absolute Gasteiger partial charge is 0.467 e. The smallest absolute Gasteiger partial charge is 0.340 e. The maximum atomic E-state index is 12.1. The van der Waals surface area contributed by atoms with Crippen molar-refractivity contribution in [2.75, 3.05) is 5.75 Å². The van der Waals surface area contributed by atoms with Crippen molar-refractivity contribution in [2.45, 2.75) is 24.5 Å². The van der Waals surface area contributed by atoms with Crippen LogP contribution in [0.4, 0.5) is 0 Å². The number of hydrogen-bond donors (Lipinski definition) is 2. The molecule has 2 amide bonds. The molecule has 132 valence electrons. The predicted octanol–water partition coefficient (Wildman–Crippen LogP) is 1.72. The number of thioether (sulfide) groups is 1. The molecule has 3 N–H and O–H groups in total. The van der Waals surface area contributed by atoms with E-state index in [9.17, 15) is 14.4 Å². The zero-order valence-electron chi connectivity index (χ0n) is 13.6. The molecule has 1 aromatic heterocycles. The molecule has 25 heavy (non-hydrogen) atoms. The van der Waals surface area contributed by atoms with Crippen molar-refractivity contribution >= 4 is 29.5 Å². The van der Waals surface area contributed by atoms with Crippen LogP contribution in [-0.4, -0.2) is 29.6 Å². The van der Waals surface area contributed by atoms with Crippen LogP contribution in [0.25, 0.3) is 0 Å². The molecule has 0 aliphatic heterocycles. The van der Waals surface area contributed by atoms with E-state index in [-0.39, 0.29) is 17.2 Å². The number of primary amides is 1. The van der Waals surface area contributed by atoms with Crippen molar-refractivity contribution in [2.24, 2.45) is 5.73 Å². The summed E-state index contributed by atoms with van der Waals surface area (Å²) in [5.74, 6) is -0.810. The lowest BCUT2D eigenvalue weighted by atomic mass is 10.2. The highest BCUT2D eigenvalue weighted by Gasteiger charge is 2.19. The van der Waals surface area contributed by atoms with Gasteiger partial charge in [0.15, 0.2) is 6.10 Å². The molecule has 0 saturated carbocycles. The molecule has 2 rings (SSSR count). The molecular formula is C17H18N2O5S. The molecule has 1 atom stereocenters. The number of furan rings is 1. The monoisotopic (exact) mass is 362 g/mol. The van der Waals surface area contributed by atoms with E-state index in [1.165, 1.54) is 24.9 Å². The van der Waals surface area contributed by atoms with Crippen LogP contribution in [0.5, 0.6) is 0 Å². The number of nitrogens with two attached hydrogens (primary N) is 1. The summed E-state index contributed by atoms with van der Waals surface area (Å²) in [5, 5.41) is 2.72. The minimum Gasteiger partial charge on any atom is -0.467 e. The Morgan fingerprint density at radius 3 is 2.68 bits per heavy atom. The molecule has 8 heteroatoms. The van der Waals surface area contributed by atoms with E-state index in [0.717, 1.165) is 0 Å². The lowest BCUT2D eigenvalue weighted by Crippen LogP contribution is -2.30. The third kappa shape index (κ3) is 5.68. The number of carbonyl (C=O) groups excluding carboxylic acids is 3. The Hall–Kier alpha value is -2.74. The molecule has 0 aliphatic rings. The third-order valence-electron chi connectivity index (χ3n) is 3.19. The second-order valence-corrected chi connectivity index (χ2v) is 6.11. The van der Waals surface area contributed by atoms with E-state index in [2.05, 4.69) is 5.32 Å². The fourth-order valence-corrected chi connectivity index (χ4v) is 2.71. The van der Waals surface area contributed by atoms with Gasteiger partial charge in [-0.1, -0.05) is 12.1 Å². The lowest BCUT2D eigenvalue weighted by molar-refractivity contribution is -0.125. The zero-order valence-corrected chi connectivity index (χ0v) is 14.4. The van der Waals surface area contributed by atoms with Gasteiger partial charge in [-0.2, -0.15) is 0 Å². The van der Waals surface area contributed by atoms with Gasteiger partial charge in [0.1, 0.15) is 5.76 Å². The highest BCUT2D eigenvalue weighted by molar-refractivity contribution is 8.00. The summed E-state index contributed by atoms with van der Waals surface area (Å²) >= 11 is 1.20. The maximum absolute atomic E-state index is 12.1. The van der Waals surface area contributed by atoms with Crippen LogP contribution in [0.1, 0.15) is 23.0 Å². The molecule has 1 heterocycles. The van der Waals surface area contributed by atoms with Crippen LogP contribution in [0.3, 0.4) is 0 Å². The minimum absolute atomic E-state index is 0.121. The number of esters is 1. The predicted molar refractivity (Wildman–Crippen MR) is 91.8 cm³/mol. The topological polar surface area (TPSA) is 112 Å². The van der Waals surface area contributed by atoms with Gasteiger partial charge in [-0.25, -0.2) is 4.79 Å². The molecular weight excluding hydrogens is 344 g/mol. The third-order valence-corrected chi connectivity index (χ3v) is 4.26. The number of ether oxygens (including phenoxy) is 1. The minimum atomic E-state index is -1.03. The Balaban J connectivity index is 1.92. The summed E-state index contributed by atoms with van der Waals surface area (Å²) in [4.78, 5) is 35.7. The first kappa shape index (κ1) is 18.6. The first-order valence-corrected chi connectivity index (χ1v) is 8.47. The van der Waals surface area contributed by atoms with Crippen LogP contribution in [0, 0.1) is 0 Å². The molecule has 7 nitrogen and oxygen atoms in total. The Morgan fingerprint density at radius 1 is 1.24 bits per heavy atom. The molecule has 0 unspecified atom stereocenters. The molecule has 1 aromatic carbocycles. The summed E-state index contributed by atoms with van der Waals surface area (Å²) in [5.41, 5.74) is 5.37. The molecule has 0 bridgehead atoms. The second kappa shape index (κ2) is 8.93. The van der Waals surface area contributed by atoms with Gasteiger partial charge in [0.25, 0.3) is 5.91 Å². The van der Waals surface area contributed by atoms with Gasteiger partial charge < -0.3 is 20.2 Å². The van der Waals surface area contributed by atoms with Gasteiger partial charge in [0, 0.05) is 4.90 Å². The maximum Gasteiger partial charge on any atom is 0.340 e. The van der Waals surface area contributed by atoms with Crippen LogP contribution in [0.2, 0.25) is 0 Å². The van der Waals surface area contributed by atoms with Crippen LogP contribution in [0.15, 0.2) is 52.0 Å². The lowest BCUT2D eigenvalue weighted by Gasteiger charge is -2.12. The summed E-state index contributed by atoms with van der Waals surface area (Å²) in [6.07, 6.45) is 0.507. The van der Waals surface area contributed by atoms with Gasteiger partial charge >= 0.3 is 5.97 Å². The van der Waals surface area contributed by atoms with Crippen LogP contribution >= 0.6 is 11.8 Å². The van der Waals surface area contributed by atoms with Crippen molar-refractivity contribution in [3.8, 4) is 0 Å². The fourth-order valence-electron chi connectivity index (χ4n) is 1.84. The Morgan fingerprint density at radius 2 is 2.00 bits per heavy atom. The van der Waals surface area contributed by atoms with Crippen LogP contribution in [-0.2, 0) is 20.9 Å². The fraction of sp³-hybridized carbons (Fsp3) is 0.235. The average Bonchev–Trinajstić information content (AvgIpc) is 3.11. The van der Waals surface area contributed by atoms with E-state index >= 15 is 0 Å². The number of nitrogens with one attached hydrogen (secondary N) is 1. The molecule has 0 saturated heterocycles. The van der Waals surface area contributed by atoms with E-state index < -0.39 is 18.0 Å². The van der Waals surface area contributed by atoms with Gasteiger partial charge in [-0.05, 0) is 31.2 Å². The SMILES string of the molecule is C[C@H](OC(=O)c1ccccc1SCC(=O)NCc1ccco1)C(N)=O. The summed E-state index contributed by atoms with van der Waals surface area (Å²) in [7, 11) is 0. The van der Waals surface area contributed by atoms with E-state index in [4.69, 9.17) is 14.9 Å². The summed E-state index contributed by atoms with van der Waals surface area (Å²) < 4.78 is 10.1. The summed E-state index contributed by atoms with van der Waals surface area (Å²) in [6.45, 7) is 1.70. The standard InChI is InChI=1S/C17H18N2O5S/c1-11(16(18)21)24-17(22)13-6-2-3-7-14(13)25-10-15(20)19-9-12-5-4-8-23-12/h2-8,11H,9-10H2,1H3,(H2,18,21)(H,19,20)/t11-/m0/s1. The number of rotatable bonds is 8. The Bertz CT molecular complexity index is 745. The van der Waals surface area contributed by atoms with Crippen molar-refractivity contribution in [3.05, 3.63) is 54.0 Å². The number of carbonyl (C=O) groups is 3. The molecule has 2 aromatic rings. The second-order valence-electron chi connectivity index (χ2n) is 5.09. The quantitative estimate of drug-likeness (QED) is 0.546. The van der Waals surface area contributed by atoms with Crippen molar-refractivity contribution in [1.29, 1.82) is 0 Å². The molecule has 0 fully saturated rings. The van der Waals surface area contributed by atoms with E-state index in [0.29, 0.717) is 17.2 Å². The molecule has 0 aliphatic carbocycles. The highest BCUT2D eigenvalue weighted by Crippen LogP contribution is 2.23. The number of hydrogen-bond acceptors (Lipinski definition) is 6. The first-order chi connectivity index (χ1) is 12.0. The zero-order chi connectivity index (χ0) is 18.2. The van der Waals surface area contributed by atoms with Crippen molar-refractivity contribution < 1.29 is 23.5 Å². The highest BCUT2D eigenvalue weighted by atomic mass is 32.2.